The number of rotatable bonds is 8. The third-order valence-corrected chi connectivity index (χ3v) is 5.65. The van der Waals surface area contributed by atoms with Gasteiger partial charge in [0.25, 0.3) is 5.09 Å². The van der Waals surface area contributed by atoms with Gasteiger partial charge in [-0.25, -0.2) is 18.3 Å². The zero-order chi connectivity index (χ0) is 17.7. The second-order valence-corrected chi connectivity index (χ2v) is 7.96. The number of sulfonamides is 1. The van der Waals surface area contributed by atoms with E-state index in [0.717, 1.165) is 24.9 Å². The van der Waals surface area contributed by atoms with Gasteiger partial charge in [0.1, 0.15) is 4.90 Å². The molecule has 0 spiro atoms. The van der Waals surface area contributed by atoms with Gasteiger partial charge in [0.05, 0.1) is 23.5 Å². The summed E-state index contributed by atoms with van der Waals surface area (Å²) >= 11 is 7.29. The Kier molecular flexibility index (Phi) is 6.52. The Balaban J connectivity index is 1.86. The first-order chi connectivity index (χ1) is 11.3. The molecule has 1 atom stereocenters. The summed E-state index contributed by atoms with van der Waals surface area (Å²) in [4.78, 5) is 14.8. The molecule has 12 heteroatoms. The summed E-state index contributed by atoms with van der Waals surface area (Å²) in [6.45, 7) is 0.0993. The highest BCUT2D eigenvalue weighted by Gasteiger charge is 2.22. The van der Waals surface area contributed by atoms with Gasteiger partial charge in [-0.05, 0) is 43.3 Å². The molecule has 0 fully saturated rings. The predicted molar refractivity (Wildman–Crippen MR) is 90.6 cm³/mol. The van der Waals surface area contributed by atoms with Crippen LogP contribution in [-0.4, -0.2) is 26.3 Å². The van der Waals surface area contributed by atoms with E-state index in [2.05, 4.69) is 14.9 Å². The van der Waals surface area contributed by atoms with Gasteiger partial charge in [0.2, 0.25) is 10.0 Å². The number of benzene rings is 1. The first-order valence-electron chi connectivity index (χ1n) is 7.10. The largest absolute Gasteiger partial charge is 0.368 e. The number of unbranched alkanes of at least 4 members (excludes halogenated alkanes) is 2. The fourth-order valence-corrected chi connectivity index (χ4v) is 4.22. The fourth-order valence-electron chi connectivity index (χ4n) is 2.20. The van der Waals surface area contributed by atoms with E-state index in [1.54, 1.807) is 6.07 Å². The molecular formula is C12H17ClN4O5S2. The molecule has 0 radical (unpaired) electrons. The van der Waals surface area contributed by atoms with Crippen molar-refractivity contribution >= 4 is 39.3 Å². The molecular weight excluding hydrogens is 380 g/mol. The molecule has 0 aromatic heterocycles. The van der Waals surface area contributed by atoms with Gasteiger partial charge in [0, 0.05) is 4.90 Å². The molecule has 0 saturated heterocycles. The molecule has 134 valence electrons. The number of hydrogen-bond acceptors (Lipinski definition) is 8. The minimum absolute atomic E-state index is 0.0182. The van der Waals surface area contributed by atoms with Gasteiger partial charge in [-0.1, -0.05) is 18.0 Å². The van der Waals surface area contributed by atoms with Crippen LogP contribution < -0.4 is 15.2 Å². The highest BCUT2D eigenvalue weighted by molar-refractivity contribution is 7.97. The number of nitrogens with two attached hydrogens (primary N) is 1. The van der Waals surface area contributed by atoms with Gasteiger partial charge in [-0.2, -0.15) is 0 Å². The summed E-state index contributed by atoms with van der Waals surface area (Å²) in [5.74, 6) is 0. The zero-order valence-electron chi connectivity index (χ0n) is 12.5. The van der Waals surface area contributed by atoms with E-state index in [4.69, 9.17) is 16.7 Å². The van der Waals surface area contributed by atoms with Crippen molar-refractivity contribution in [1.82, 2.24) is 4.72 Å². The molecule has 0 saturated carbocycles. The molecule has 9 nitrogen and oxygen atoms in total. The Morgan fingerprint density at radius 2 is 2.12 bits per heavy atom. The van der Waals surface area contributed by atoms with Crippen LogP contribution in [0.1, 0.15) is 25.7 Å². The summed E-state index contributed by atoms with van der Waals surface area (Å²) in [6, 6.07) is 2.98. The van der Waals surface area contributed by atoms with E-state index in [1.165, 1.54) is 18.0 Å². The third-order valence-electron chi connectivity index (χ3n) is 3.32. The smallest absolute Gasteiger partial charge is 0.294 e. The van der Waals surface area contributed by atoms with Crippen LogP contribution in [0, 0.1) is 10.1 Å². The molecule has 2 rings (SSSR count). The lowest BCUT2D eigenvalue weighted by Gasteiger charge is -2.28. The SMILES string of the molecule is NS(=O)(=O)c1cc2c(cc1Cl)NC(CCCCCO[N+](=O)[O-])NS2. The summed E-state index contributed by atoms with van der Waals surface area (Å²) < 4.78 is 26.1. The molecule has 1 unspecified atom stereocenters. The minimum atomic E-state index is -3.87. The van der Waals surface area contributed by atoms with Gasteiger partial charge in [0.15, 0.2) is 0 Å². The topological polar surface area (TPSA) is 137 Å². The number of anilines is 1. The number of nitrogens with zero attached hydrogens (tertiary/aromatic N) is 1. The summed E-state index contributed by atoms with van der Waals surface area (Å²) in [5.41, 5.74) is 0.734. The maximum atomic E-state index is 11.5. The van der Waals surface area contributed by atoms with E-state index in [0.29, 0.717) is 11.3 Å². The maximum absolute atomic E-state index is 11.5. The van der Waals surface area contributed by atoms with Gasteiger partial charge in [-0.3, -0.25) is 0 Å². The van der Waals surface area contributed by atoms with E-state index >= 15 is 0 Å². The van der Waals surface area contributed by atoms with Crippen molar-refractivity contribution < 1.29 is 18.3 Å². The van der Waals surface area contributed by atoms with Crippen molar-refractivity contribution in [2.45, 2.75) is 41.6 Å². The highest BCUT2D eigenvalue weighted by Crippen LogP contribution is 2.36. The molecule has 1 aliphatic heterocycles. The summed E-state index contributed by atoms with van der Waals surface area (Å²) in [7, 11) is -3.87. The molecule has 1 aromatic rings. The lowest BCUT2D eigenvalue weighted by Crippen LogP contribution is -2.35. The Morgan fingerprint density at radius 1 is 1.38 bits per heavy atom. The van der Waals surface area contributed by atoms with Crippen molar-refractivity contribution in [3.63, 3.8) is 0 Å². The van der Waals surface area contributed by atoms with Crippen molar-refractivity contribution in [3.8, 4) is 0 Å². The number of nitrogens with one attached hydrogen (secondary N) is 2. The van der Waals surface area contributed by atoms with E-state index in [-0.39, 0.29) is 22.7 Å². The molecule has 1 aromatic carbocycles. The quantitative estimate of drug-likeness (QED) is 0.263. The zero-order valence-corrected chi connectivity index (χ0v) is 14.9. The third kappa shape index (κ3) is 5.38. The summed E-state index contributed by atoms with van der Waals surface area (Å²) in [6.07, 6.45) is 3.04. The first kappa shape index (κ1) is 19.1. The Hall–Kier alpha value is -1.27. The Morgan fingerprint density at radius 3 is 2.79 bits per heavy atom. The summed E-state index contributed by atoms with van der Waals surface area (Å²) in [5, 5.41) is 17.7. The van der Waals surface area contributed by atoms with Gasteiger partial charge >= 0.3 is 0 Å². The number of hydrogen-bond donors (Lipinski definition) is 3. The van der Waals surface area contributed by atoms with Crippen molar-refractivity contribution in [2.75, 3.05) is 11.9 Å². The number of fused-ring (bicyclic) bond motifs is 1. The van der Waals surface area contributed by atoms with Crippen LogP contribution >= 0.6 is 23.5 Å². The fraction of sp³-hybridized carbons (Fsp3) is 0.500. The molecule has 1 heterocycles. The molecule has 0 amide bonds. The number of primary sulfonamides is 1. The standard InChI is InChI=1S/C12H17ClN4O5S2/c13-8-6-9-10(7-11(8)24(14,20)21)23-16-12(15-9)4-2-1-3-5-22-17(18)19/h6-7,12,15-16H,1-5H2,(H2,14,20,21). The van der Waals surface area contributed by atoms with E-state index in [9.17, 15) is 18.5 Å². The molecule has 0 aliphatic carbocycles. The monoisotopic (exact) mass is 396 g/mol. The highest BCUT2D eigenvalue weighted by atomic mass is 35.5. The second kappa shape index (κ2) is 8.21. The number of halogens is 1. The van der Waals surface area contributed by atoms with Crippen LogP contribution in [0.5, 0.6) is 0 Å². The van der Waals surface area contributed by atoms with Crippen LogP contribution in [0.4, 0.5) is 5.69 Å². The normalized spacial score (nSPS) is 17.0. The maximum Gasteiger partial charge on any atom is 0.294 e. The van der Waals surface area contributed by atoms with Crippen LogP contribution in [0.25, 0.3) is 0 Å². The first-order valence-corrected chi connectivity index (χ1v) is 9.84. The second-order valence-electron chi connectivity index (χ2n) is 5.15. The van der Waals surface area contributed by atoms with E-state index < -0.39 is 15.1 Å². The Labute approximate surface area is 148 Å². The molecule has 4 N–H and O–H groups in total. The lowest BCUT2D eigenvalue weighted by atomic mass is 10.1. The molecule has 0 bridgehead atoms. The lowest BCUT2D eigenvalue weighted by molar-refractivity contribution is -0.757. The minimum Gasteiger partial charge on any atom is -0.368 e. The predicted octanol–water partition coefficient (Wildman–Crippen LogP) is 2.10. The van der Waals surface area contributed by atoms with Gasteiger partial charge < -0.3 is 10.2 Å². The van der Waals surface area contributed by atoms with Crippen molar-refractivity contribution in [2.24, 2.45) is 5.14 Å². The average molecular weight is 397 g/mol. The van der Waals surface area contributed by atoms with Crippen LogP contribution in [0.2, 0.25) is 5.02 Å². The van der Waals surface area contributed by atoms with Gasteiger partial charge in [-0.15, -0.1) is 10.1 Å². The van der Waals surface area contributed by atoms with Crippen LogP contribution in [0.15, 0.2) is 21.9 Å². The van der Waals surface area contributed by atoms with E-state index in [1.807, 2.05) is 0 Å². The Bertz CT molecular complexity index is 716. The van der Waals surface area contributed by atoms with Crippen LogP contribution in [0.3, 0.4) is 0 Å². The molecule has 24 heavy (non-hydrogen) atoms. The van der Waals surface area contributed by atoms with Crippen LogP contribution in [-0.2, 0) is 14.9 Å². The molecule has 1 aliphatic rings. The van der Waals surface area contributed by atoms with Crippen molar-refractivity contribution in [1.29, 1.82) is 0 Å². The van der Waals surface area contributed by atoms with Crippen molar-refractivity contribution in [3.05, 3.63) is 27.3 Å². The average Bonchev–Trinajstić information content (AvgIpc) is 2.48.